The molecule has 29 heavy (non-hydrogen) atoms. The lowest BCUT2D eigenvalue weighted by Crippen LogP contribution is -2.69. The molecule has 2 heterocycles. The van der Waals surface area contributed by atoms with Crippen LogP contribution in [0.5, 0.6) is 0 Å². The first-order chi connectivity index (χ1) is 13.6. The molecule has 2 saturated heterocycles. The lowest BCUT2D eigenvalue weighted by Gasteiger charge is -2.47. The van der Waals surface area contributed by atoms with Gasteiger partial charge in [0, 0.05) is 13.8 Å². The summed E-state index contributed by atoms with van der Waals surface area (Å²) >= 11 is 0. The van der Waals surface area contributed by atoms with Crippen LogP contribution in [0.25, 0.3) is 0 Å². The van der Waals surface area contributed by atoms with Crippen molar-refractivity contribution in [2.75, 3.05) is 13.2 Å². The third-order valence-electron chi connectivity index (χ3n) is 4.78. The molecule has 0 aromatic rings. The molecule has 2 rings (SSSR count). The Morgan fingerprint density at radius 2 is 1.38 bits per heavy atom. The van der Waals surface area contributed by atoms with Crippen LogP contribution in [0.3, 0.4) is 0 Å². The topological polar surface area (TPSA) is 207 Å². The maximum absolute atomic E-state index is 11.5. The maximum atomic E-state index is 11.5. The zero-order valence-electron chi connectivity index (χ0n) is 15.9. The van der Waals surface area contributed by atoms with Gasteiger partial charge in [-0.05, 0) is 0 Å². The van der Waals surface area contributed by atoms with Gasteiger partial charge in [-0.3, -0.25) is 9.59 Å². The lowest BCUT2D eigenvalue weighted by molar-refractivity contribution is -0.327. The lowest BCUT2D eigenvalue weighted by atomic mass is 9.94. The average Bonchev–Trinajstić information content (AvgIpc) is 2.65. The molecular weight excluding hydrogens is 396 g/mol. The van der Waals surface area contributed by atoms with E-state index in [0.717, 1.165) is 13.8 Å². The van der Waals surface area contributed by atoms with E-state index in [0.29, 0.717) is 0 Å². The summed E-state index contributed by atoms with van der Waals surface area (Å²) in [5.74, 6) is -1.14. The number of hydrogen-bond donors (Lipinski definition) is 8. The van der Waals surface area contributed by atoms with Crippen molar-refractivity contribution in [3.8, 4) is 0 Å². The van der Waals surface area contributed by atoms with Gasteiger partial charge < -0.3 is 55.5 Å². The Labute approximate surface area is 166 Å². The van der Waals surface area contributed by atoms with E-state index in [-0.39, 0.29) is 0 Å². The first-order valence-corrected chi connectivity index (χ1v) is 9.05. The van der Waals surface area contributed by atoms with Crippen LogP contribution in [0, 0.1) is 0 Å². The summed E-state index contributed by atoms with van der Waals surface area (Å²) in [6.07, 6.45) is -11.7. The van der Waals surface area contributed by atoms with E-state index in [2.05, 4.69) is 10.6 Å². The van der Waals surface area contributed by atoms with E-state index < -0.39 is 86.3 Å². The van der Waals surface area contributed by atoms with E-state index in [1.54, 1.807) is 0 Å². The number of aliphatic hydroxyl groups excluding tert-OH is 6. The van der Waals surface area contributed by atoms with E-state index in [4.69, 9.17) is 14.2 Å². The zero-order chi connectivity index (χ0) is 21.9. The van der Waals surface area contributed by atoms with Crippen molar-refractivity contribution in [3.63, 3.8) is 0 Å². The number of nitrogens with one attached hydrogen (secondary N) is 2. The van der Waals surface area contributed by atoms with Crippen molar-refractivity contribution in [2.45, 2.75) is 75.1 Å². The highest BCUT2D eigenvalue weighted by atomic mass is 16.7. The Kier molecular flexibility index (Phi) is 8.28. The first-order valence-electron chi connectivity index (χ1n) is 9.05. The van der Waals surface area contributed by atoms with Gasteiger partial charge in [-0.2, -0.15) is 0 Å². The van der Waals surface area contributed by atoms with Crippen molar-refractivity contribution in [2.24, 2.45) is 0 Å². The predicted molar refractivity (Wildman–Crippen MR) is 91.8 cm³/mol. The van der Waals surface area contributed by atoms with Crippen LogP contribution in [0.1, 0.15) is 13.8 Å². The Morgan fingerprint density at radius 3 is 1.90 bits per heavy atom. The van der Waals surface area contributed by atoms with E-state index in [1.807, 2.05) is 0 Å². The fourth-order valence-corrected chi connectivity index (χ4v) is 3.38. The van der Waals surface area contributed by atoms with Crippen LogP contribution in [0.4, 0.5) is 0 Å². The second-order valence-electron chi connectivity index (χ2n) is 7.00. The van der Waals surface area contributed by atoms with Gasteiger partial charge in [0.25, 0.3) is 0 Å². The molecule has 2 aliphatic rings. The summed E-state index contributed by atoms with van der Waals surface area (Å²) < 4.78 is 16.3. The molecule has 0 radical (unpaired) electrons. The third kappa shape index (κ3) is 5.39. The van der Waals surface area contributed by atoms with Gasteiger partial charge in [-0.25, -0.2) is 0 Å². The molecular formula is C16H28N2O11. The number of carbonyl (C=O) groups is 2. The van der Waals surface area contributed by atoms with Gasteiger partial charge in [0.2, 0.25) is 11.8 Å². The van der Waals surface area contributed by atoms with Crippen molar-refractivity contribution in [1.29, 1.82) is 0 Å². The van der Waals surface area contributed by atoms with Gasteiger partial charge in [0.1, 0.15) is 48.7 Å². The second-order valence-corrected chi connectivity index (χ2v) is 7.00. The van der Waals surface area contributed by atoms with Gasteiger partial charge >= 0.3 is 0 Å². The molecule has 8 N–H and O–H groups in total. The molecule has 0 aliphatic carbocycles. The molecule has 0 unspecified atom stereocenters. The van der Waals surface area contributed by atoms with Gasteiger partial charge in [0.05, 0.1) is 13.2 Å². The summed E-state index contributed by atoms with van der Waals surface area (Å²) in [5, 5.41) is 64.5. The summed E-state index contributed by atoms with van der Waals surface area (Å²) in [7, 11) is 0. The predicted octanol–water partition coefficient (Wildman–Crippen LogP) is -5.11. The molecule has 13 heteroatoms. The van der Waals surface area contributed by atoms with E-state index in [1.165, 1.54) is 0 Å². The maximum Gasteiger partial charge on any atom is 0.217 e. The molecule has 0 spiro atoms. The van der Waals surface area contributed by atoms with Crippen molar-refractivity contribution < 1.29 is 54.4 Å². The Morgan fingerprint density at radius 1 is 0.828 bits per heavy atom. The number of carbonyl (C=O) groups excluding carboxylic acids is 2. The van der Waals surface area contributed by atoms with Crippen molar-refractivity contribution in [1.82, 2.24) is 10.6 Å². The second kappa shape index (κ2) is 10.1. The minimum Gasteiger partial charge on any atom is -0.394 e. The highest BCUT2D eigenvalue weighted by Gasteiger charge is 2.51. The molecule has 0 aromatic carbocycles. The fourth-order valence-electron chi connectivity index (χ4n) is 3.38. The minimum absolute atomic E-state index is 0.568. The molecule has 2 fully saturated rings. The third-order valence-corrected chi connectivity index (χ3v) is 4.78. The molecule has 13 nitrogen and oxygen atoms in total. The van der Waals surface area contributed by atoms with E-state index in [9.17, 15) is 40.2 Å². The van der Waals surface area contributed by atoms with Crippen LogP contribution in [0.15, 0.2) is 0 Å². The van der Waals surface area contributed by atoms with Crippen LogP contribution in [0.2, 0.25) is 0 Å². The summed E-state index contributed by atoms with van der Waals surface area (Å²) in [6.45, 7) is 0.962. The number of hydrogen-bond acceptors (Lipinski definition) is 11. The van der Waals surface area contributed by atoms with E-state index >= 15 is 0 Å². The fraction of sp³-hybridized carbons (Fsp3) is 0.875. The number of ether oxygens (including phenoxy) is 3. The monoisotopic (exact) mass is 424 g/mol. The SMILES string of the molecule is CC(=O)N[C@@H]1[C@@H](O)[C@@H](O[C@H]2O[C@H](CO)[C@H](O)[C@H](O)[C@H]2NC(C)=O)[C@@H](CO)O[C@H]1O. The summed E-state index contributed by atoms with van der Waals surface area (Å²) in [6, 6.07) is -2.59. The molecule has 0 aromatic heterocycles. The number of aliphatic hydroxyl groups is 6. The average molecular weight is 424 g/mol. The van der Waals surface area contributed by atoms with Gasteiger partial charge in [0.15, 0.2) is 12.6 Å². The standard InChI is InChI=1S/C16H28N2O11/c1-5(21)17-9-13(25)14(8(4-20)27-15(9)26)29-16-10(18-6(2)22)12(24)11(23)7(3-19)28-16/h7-16,19-20,23-26H,3-4H2,1-2H3,(H,17,21)(H,18,22)/t7-,8-,9-,10-,11+,12-,13-,14+,15-,16-/m1/s1. The molecule has 10 atom stereocenters. The normalized spacial score (nSPS) is 42.9. The highest BCUT2D eigenvalue weighted by molar-refractivity contribution is 5.73. The quantitative estimate of drug-likeness (QED) is 0.202. The Bertz CT molecular complexity index is 579. The van der Waals surface area contributed by atoms with Gasteiger partial charge in [-0.15, -0.1) is 0 Å². The largest absolute Gasteiger partial charge is 0.394 e. The number of rotatable bonds is 6. The zero-order valence-corrected chi connectivity index (χ0v) is 15.9. The van der Waals surface area contributed by atoms with Crippen LogP contribution in [-0.4, -0.2) is 117 Å². The molecule has 0 bridgehead atoms. The first kappa shape index (κ1) is 23.9. The summed E-state index contributed by atoms with van der Waals surface area (Å²) in [4.78, 5) is 22.8. The molecule has 0 saturated carbocycles. The van der Waals surface area contributed by atoms with Crippen LogP contribution < -0.4 is 10.6 Å². The van der Waals surface area contributed by atoms with Crippen molar-refractivity contribution >= 4 is 11.8 Å². The van der Waals surface area contributed by atoms with Gasteiger partial charge in [-0.1, -0.05) is 0 Å². The number of amides is 2. The Hall–Kier alpha value is -1.42. The summed E-state index contributed by atoms with van der Waals surface area (Å²) in [5.41, 5.74) is 0. The van der Waals surface area contributed by atoms with Crippen LogP contribution in [-0.2, 0) is 23.8 Å². The van der Waals surface area contributed by atoms with Crippen LogP contribution >= 0.6 is 0 Å². The molecule has 2 amide bonds. The molecule has 168 valence electrons. The Balaban J connectivity index is 2.26. The molecule has 2 aliphatic heterocycles. The smallest absolute Gasteiger partial charge is 0.217 e. The highest BCUT2D eigenvalue weighted by Crippen LogP contribution is 2.28. The minimum atomic E-state index is -1.64. The van der Waals surface area contributed by atoms with Crippen molar-refractivity contribution in [3.05, 3.63) is 0 Å².